The van der Waals surface area contributed by atoms with Crippen molar-refractivity contribution < 1.29 is 13.7 Å². The average molecular weight is 205 g/mol. The van der Waals surface area contributed by atoms with Crippen molar-refractivity contribution in [1.82, 2.24) is 0 Å². The van der Waals surface area contributed by atoms with Crippen LogP contribution < -0.4 is 4.74 Å². The molecule has 0 heterocycles. The molecule has 1 aromatic carbocycles. The molecule has 0 N–H and O–H groups in total. The highest BCUT2D eigenvalue weighted by Crippen LogP contribution is 2.13. The molecule has 0 radical (unpaired) electrons. The fraction of sp³-hybridized carbons (Fsp3) is 0. The highest BCUT2D eigenvalue weighted by Gasteiger charge is 2.04. The smallest absolute Gasteiger partial charge is 0.394 e. The molecule has 5 heteroatoms. The molecule has 1 aromatic rings. The molecule has 0 amide bonds. The third-order valence-corrected chi connectivity index (χ3v) is 1.43. The molecule has 64 valence electrons. The van der Waals surface area contributed by atoms with Crippen LogP contribution in [0.3, 0.4) is 0 Å². The number of hydrogen-bond donors (Lipinski definition) is 0. The maximum absolute atomic E-state index is 10.7. The van der Waals surface area contributed by atoms with E-state index in [9.17, 15) is 4.79 Å². The summed E-state index contributed by atoms with van der Waals surface area (Å²) in [4.78, 5) is 10.7. The third-order valence-electron chi connectivity index (χ3n) is 1.04. The molecule has 0 aromatic heterocycles. The van der Waals surface area contributed by atoms with Crippen LogP contribution in [0.5, 0.6) is 5.75 Å². The second-order valence-electron chi connectivity index (χ2n) is 1.81. The Balaban J connectivity index is 2.47. The Morgan fingerprint density at radius 1 is 1.33 bits per heavy atom. The fourth-order valence-electron chi connectivity index (χ4n) is 0.627. The Bertz CT molecular complexity index is 252. The van der Waals surface area contributed by atoms with Crippen molar-refractivity contribution in [2.75, 3.05) is 0 Å². The van der Waals surface area contributed by atoms with E-state index < -0.39 is 6.16 Å². The average Bonchev–Trinajstić information content (AvgIpc) is 2.06. The Kier molecular flexibility index (Phi) is 3.76. The van der Waals surface area contributed by atoms with Crippen LogP contribution in [-0.4, -0.2) is 6.16 Å². The lowest BCUT2D eigenvalue weighted by Gasteiger charge is -1.99. The molecule has 3 nitrogen and oxygen atoms in total. The molecule has 0 aliphatic heterocycles. The summed E-state index contributed by atoms with van der Waals surface area (Å²) in [7, 11) is 5.06. The molecule has 0 fully saturated rings. The second-order valence-corrected chi connectivity index (χ2v) is 2.48. The summed E-state index contributed by atoms with van der Waals surface area (Å²) >= 11 is 0.427. The van der Waals surface area contributed by atoms with Crippen molar-refractivity contribution in [3.05, 3.63) is 30.3 Å². The summed E-state index contributed by atoms with van der Waals surface area (Å²) in [6.07, 6.45) is -0.832. The molecule has 0 aliphatic carbocycles. The van der Waals surface area contributed by atoms with Gasteiger partial charge in [-0.15, -0.1) is 0 Å². The summed E-state index contributed by atoms with van der Waals surface area (Å²) in [5.74, 6) is 0.424. The third kappa shape index (κ3) is 3.02. The highest BCUT2D eigenvalue weighted by atomic mass is 35.7. The van der Waals surface area contributed by atoms with E-state index in [2.05, 4.69) is 8.92 Å². The van der Waals surface area contributed by atoms with Crippen molar-refractivity contribution in [2.24, 2.45) is 0 Å². The number of hydrogen-bond acceptors (Lipinski definition) is 4. The van der Waals surface area contributed by atoms with Crippen LogP contribution >= 0.6 is 21.9 Å². The van der Waals surface area contributed by atoms with Gasteiger partial charge in [-0.3, -0.25) is 0 Å². The van der Waals surface area contributed by atoms with Gasteiger partial charge in [-0.25, -0.2) is 4.79 Å². The van der Waals surface area contributed by atoms with Gasteiger partial charge in [0.15, 0.2) is 11.3 Å². The first-order valence-corrected chi connectivity index (χ1v) is 4.62. The minimum atomic E-state index is -0.832. The van der Waals surface area contributed by atoms with Gasteiger partial charge in [0.25, 0.3) is 0 Å². The predicted molar refractivity (Wildman–Crippen MR) is 47.0 cm³/mol. The van der Waals surface area contributed by atoms with Crippen LogP contribution in [-0.2, 0) is 4.18 Å². The van der Waals surface area contributed by atoms with Gasteiger partial charge in [-0.2, -0.15) is 0 Å². The second kappa shape index (κ2) is 4.90. The molecule has 0 saturated heterocycles. The van der Waals surface area contributed by atoms with Gasteiger partial charge in [0.1, 0.15) is 5.75 Å². The van der Waals surface area contributed by atoms with Crippen molar-refractivity contribution >= 4 is 28.1 Å². The van der Waals surface area contributed by atoms with Gasteiger partial charge in [-0.1, -0.05) is 18.2 Å². The largest absolute Gasteiger partial charge is 0.527 e. The molecule has 0 atom stereocenters. The fourth-order valence-corrected chi connectivity index (χ4v) is 0.867. The van der Waals surface area contributed by atoms with Crippen LogP contribution in [0.15, 0.2) is 30.3 Å². The van der Waals surface area contributed by atoms with Gasteiger partial charge >= 0.3 is 6.16 Å². The first kappa shape index (κ1) is 9.22. The van der Waals surface area contributed by atoms with E-state index in [4.69, 9.17) is 10.7 Å². The van der Waals surface area contributed by atoms with Gasteiger partial charge in [0, 0.05) is 10.7 Å². The lowest BCUT2D eigenvalue weighted by Crippen LogP contribution is -2.04. The molecule has 1 rings (SSSR count). The van der Waals surface area contributed by atoms with Gasteiger partial charge < -0.3 is 8.92 Å². The van der Waals surface area contributed by atoms with Crippen molar-refractivity contribution in [3.63, 3.8) is 0 Å². The monoisotopic (exact) mass is 204 g/mol. The number of halogens is 1. The molecule has 12 heavy (non-hydrogen) atoms. The zero-order valence-corrected chi connectivity index (χ0v) is 7.47. The van der Waals surface area contributed by atoms with Crippen LogP contribution in [0.2, 0.25) is 0 Å². The number of carbonyl (C=O) groups is 1. The lowest BCUT2D eigenvalue weighted by molar-refractivity contribution is 0.161. The number of carbonyl (C=O) groups excluding carboxylic acids is 1. The van der Waals surface area contributed by atoms with E-state index >= 15 is 0 Å². The first-order chi connectivity index (χ1) is 5.83. The topological polar surface area (TPSA) is 35.5 Å². The molecule has 0 saturated carbocycles. The molecular formula is C7H5ClO3S. The molecule has 0 aliphatic rings. The van der Waals surface area contributed by atoms with E-state index in [1.54, 1.807) is 24.3 Å². The predicted octanol–water partition coefficient (Wildman–Crippen LogP) is 3.00. The summed E-state index contributed by atoms with van der Waals surface area (Å²) in [5, 5.41) is 0. The minimum absolute atomic E-state index is 0.424. The van der Waals surface area contributed by atoms with Gasteiger partial charge in [0.2, 0.25) is 0 Å². The van der Waals surface area contributed by atoms with E-state index in [1.165, 1.54) is 0 Å². The zero-order valence-electron chi connectivity index (χ0n) is 5.90. The zero-order chi connectivity index (χ0) is 8.81. The summed E-state index contributed by atoms with van der Waals surface area (Å²) in [6.45, 7) is 0. The maximum Gasteiger partial charge on any atom is 0.527 e. The van der Waals surface area contributed by atoms with E-state index in [-0.39, 0.29) is 0 Å². The Morgan fingerprint density at radius 2 is 2.00 bits per heavy atom. The Hall–Kier alpha value is -0.870. The Labute approximate surface area is 78.3 Å². The van der Waals surface area contributed by atoms with Crippen molar-refractivity contribution in [2.45, 2.75) is 0 Å². The quantitative estimate of drug-likeness (QED) is 0.422. The SMILES string of the molecule is O=C(OSCl)Oc1ccccc1. The van der Waals surface area contributed by atoms with Crippen LogP contribution in [0, 0.1) is 0 Å². The molecule has 0 bridgehead atoms. The van der Waals surface area contributed by atoms with Crippen LogP contribution in [0.4, 0.5) is 4.79 Å². The summed E-state index contributed by atoms with van der Waals surface area (Å²) < 4.78 is 8.96. The van der Waals surface area contributed by atoms with Crippen LogP contribution in [0.1, 0.15) is 0 Å². The molecular weight excluding hydrogens is 200 g/mol. The lowest BCUT2D eigenvalue weighted by atomic mass is 10.3. The first-order valence-electron chi connectivity index (χ1n) is 3.05. The number of rotatable bonds is 2. The maximum atomic E-state index is 10.7. The van der Waals surface area contributed by atoms with Gasteiger partial charge in [-0.05, 0) is 12.1 Å². The molecule has 0 unspecified atom stereocenters. The standard InChI is InChI=1S/C7H5ClO3S/c8-12-11-7(9)10-6-4-2-1-3-5-6/h1-5H. The number of ether oxygens (including phenoxy) is 1. The van der Waals surface area contributed by atoms with Gasteiger partial charge in [0.05, 0.1) is 0 Å². The molecule has 0 spiro atoms. The van der Waals surface area contributed by atoms with E-state index in [0.717, 1.165) is 0 Å². The van der Waals surface area contributed by atoms with E-state index in [1.807, 2.05) is 6.07 Å². The Morgan fingerprint density at radius 3 is 2.58 bits per heavy atom. The number of benzene rings is 1. The van der Waals surface area contributed by atoms with Crippen LogP contribution in [0.25, 0.3) is 0 Å². The van der Waals surface area contributed by atoms with Crippen molar-refractivity contribution in [3.8, 4) is 5.75 Å². The summed E-state index contributed by atoms with van der Waals surface area (Å²) in [6, 6.07) is 8.59. The summed E-state index contributed by atoms with van der Waals surface area (Å²) in [5.41, 5.74) is 0. The normalized spacial score (nSPS) is 9.08. The minimum Gasteiger partial charge on any atom is -0.394 e. The number of para-hydroxylation sites is 1. The van der Waals surface area contributed by atoms with E-state index in [0.29, 0.717) is 17.0 Å². The highest BCUT2D eigenvalue weighted by molar-refractivity contribution is 8.17. The van der Waals surface area contributed by atoms with Crippen molar-refractivity contribution in [1.29, 1.82) is 0 Å².